The molecule has 9 N–H and O–H groups in total. The lowest BCUT2D eigenvalue weighted by Gasteiger charge is -2.30. The fraction of sp³-hybridized carbons (Fsp3) is 0.560. The lowest BCUT2D eigenvalue weighted by Crippen LogP contribution is -2.58. The average molecular weight is 518 g/mol. The van der Waals surface area contributed by atoms with Gasteiger partial charge in [0, 0.05) is 19.5 Å². The fourth-order valence-corrected chi connectivity index (χ4v) is 4.24. The van der Waals surface area contributed by atoms with E-state index in [1.54, 1.807) is 13.8 Å². The molecule has 1 aromatic carbocycles. The lowest BCUT2D eigenvalue weighted by molar-refractivity contribution is -0.149. The molecule has 1 aliphatic rings. The maximum Gasteiger partial charge on any atom is 0.326 e. The van der Waals surface area contributed by atoms with Crippen LogP contribution in [0.1, 0.15) is 45.1 Å². The highest BCUT2D eigenvalue weighted by Crippen LogP contribution is 2.20. The first-order chi connectivity index (χ1) is 17.5. The van der Waals surface area contributed by atoms with Gasteiger partial charge >= 0.3 is 5.97 Å². The highest BCUT2D eigenvalue weighted by Gasteiger charge is 2.38. The minimum atomic E-state index is -1.07. The van der Waals surface area contributed by atoms with E-state index in [9.17, 15) is 24.3 Å². The van der Waals surface area contributed by atoms with Gasteiger partial charge in [0.05, 0.1) is 6.04 Å². The van der Waals surface area contributed by atoms with Gasteiger partial charge in [-0.1, -0.05) is 44.2 Å². The van der Waals surface area contributed by atoms with E-state index in [0.29, 0.717) is 38.8 Å². The first-order valence-electron chi connectivity index (χ1n) is 12.5. The van der Waals surface area contributed by atoms with Crippen LogP contribution in [0, 0.1) is 5.92 Å². The van der Waals surface area contributed by atoms with Crippen LogP contribution >= 0.6 is 0 Å². The van der Waals surface area contributed by atoms with Gasteiger partial charge in [0.1, 0.15) is 18.1 Å². The van der Waals surface area contributed by atoms with Gasteiger partial charge in [-0.05, 0) is 37.2 Å². The van der Waals surface area contributed by atoms with Crippen molar-refractivity contribution in [2.45, 2.75) is 70.1 Å². The monoisotopic (exact) mass is 517 g/mol. The molecule has 12 nitrogen and oxygen atoms in total. The van der Waals surface area contributed by atoms with Crippen LogP contribution in [0.3, 0.4) is 0 Å². The van der Waals surface area contributed by atoms with Gasteiger partial charge in [-0.3, -0.25) is 19.4 Å². The topological polar surface area (TPSA) is 206 Å². The molecule has 1 fully saturated rings. The molecule has 1 heterocycles. The van der Waals surface area contributed by atoms with E-state index >= 15 is 0 Å². The molecule has 3 amide bonds. The zero-order valence-corrected chi connectivity index (χ0v) is 21.4. The summed E-state index contributed by atoms with van der Waals surface area (Å²) in [5.41, 5.74) is 17.4. The van der Waals surface area contributed by atoms with Crippen molar-refractivity contribution in [3.63, 3.8) is 0 Å². The molecule has 0 aliphatic carbocycles. The van der Waals surface area contributed by atoms with E-state index in [1.165, 1.54) is 4.90 Å². The summed E-state index contributed by atoms with van der Waals surface area (Å²) in [6.45, 7) is 4.16. The number of benzene rings is 1. The number of hydrogen-bond acceptors (Lipinski definition) is 6. The van der Waals surface area contributed by atoms with E-state index in [0.717, 1.165) is 5.56 Å². The van der Waals surface area contributed by atoms with E-state index in [1.807, 2.05) is 30.3 Å². The predicted octanol–water partition coefficient (Wildman–Crippen LogP) is -0.689. The molecule has 0 radical (unpaired) electrons. The van der Waals surface area contributed by atoms with Crippen LogP contribution in [0.2, 0.25) is 0 Å². The van der Waals surface area contributed by atoms with Crippen molar-refractivity contribution in [3.8, 4) is 0 Å². The Hall–Kier alpha value is -3.67. The number of nitrogens with one attached hydrogen (secondary N) is 2. The molecule has 0 bridgehead atoms. The van der Waals surface area contributed by atoms with Crippen molar-refractivity contribution in [2.24, 2.45) is 28.1 Å². The zero-order chi connectivity index (χ0) is 27.5. The molecule has 4 unspecified atom stereocenters. The van der Waals surface area contributed by atoms with Gasteiger partial charge in [0.25, 0.3) is 0 Å². The Morgan fingerprint density at radius 1 is 1.11 bits per heavy atom. The number of hydrogen-bond donors (Lipinski definition) is 6. The first kappa shape index (κ1) is 29.6. The number of amides is 3. The van der Waals surface area contributed by atoms with Gasteiger partial charge in [-0.15, -0.1) is 0 Å². The molecule has 0 spiro atoms. The van der Waals surface area contributed by atoms with Crippen molar-refractivity contribution >= 4 is 29.7 Å². The van der Waals surface area contributed by atoms with E-state index in [4.69, 9.17) is 17.2 Å². The largest absolute Gasteiger partial charge is 0.480 e. The van der Waals surface area contributed by atoms with Gasteiger partial charge in [-0.25, -0.2) is 4.79 Å². The smallest absolute Gasteiger partial charge is 0.326 e. The van der Waals surface area contributed by atoms with Crippen LogP contribution in [0.5, 0.6) is 0 Å². The Labute approximate surface area is 217 Å². The maximum absolute atomic E-state index is 13.4. The summed E-state index contributed by atoms with van der Waals surface area (Å²) in [4.78, 5) is 56.3. The second-order valence-electron chi connectivity index (χ2n) is 9.56. The number of carboxylic acid groups (broad SMARTS) is 1. The Morgan fingerprint density at radius 3 is 2.38 bits per heavy atom. The third-order valence-corrected chi connectivity index (χ3v) is 6.27. The zero-order valence-electron chi connectivity index (χ0n) is 21.4. The summed E-state index contributed by atoms with van der Waals surface area (Å²) in [6.07, 6.45) is 1.91. The van der Waals surface area contributed by atoms with Crippen molar-refractivity contribution in [1.82, 2.24) is 15.5 Å². The van der Waals surface area contributed by atoms with Crippen LogP contribution < -0.4 is 27.8 Å². The molecule has 1 saturated heterocycles. The molecule has 0 aromatic heterocycles. The standard InChI is InChI=1S/C25H39N7O5/c1-15(2)20(31-21(33)17(26)10-6-12-29-25(27)28)22(34)30-18(14-16-8-4-3-5-9-16)23(35)32-13-7-11-19(32)24(36)37/h3-5,8-9,15,17-20H,6-7,10-14,26H2,1-2H3,(H,30,34)(H,31,33)(H,36,37)(H4,27,28,29). The van der Waals surface area contributed by atoms with E-state index in [2.05, 4.69) is 15.6 Å². The number of nitrogens with two attached hydrogens (primary N) is 3. The number of rotatable bonds is 13. The summed E-state index contributed by atoms with van der Waals surface area (Å²) in [6, 6.07) is 5.39. The number of guanidine groups is 1. The summed E-state index contributed by atoms with van der Waals surface area (Å²) in [5, 5.41) is 15.0. The number of aliphatic carboxylic acids is 1. The van der Waals surface area contributed by atoms with Crippen LogP contribution in [-0.4, -0.2) is 76.9 Å². The Bertz CT molecular complexity index is 965. The van der Waals surface area contributed by atoms with Gasteiger partial charge < -0.3 is 37.8 Å². The first-order valence-corrected chi connectivity index (χ1v) is 12.5. The molecule has 1 aliphatic heterocycles. The molecule has 204 valence electrons. The van der Waals surface area contributed by atoms with Crippen LogP contribution in [0.4, 0.5) is 0 Å². The molecular formula is C25H39N7O5. The normalized spacial score (nSPS) is 17.5. The number of aliphatic imine (C=N–C) groups is 1. The Balaban J connectivity index is 2.14. The highest BCUT2D eigenvalue weighted by atomic mass is 16.4. The quantitative estimate of drug-likeness (QED) is 0.112. The van der Waals surface area contributed by atoms with Crippen LogP contribution in [-0.2, 0) is 25.6 Å². The Morgan fingerprint density at radius 2 is 1.78 bits per heavy atom. The van der Waals surface area contributed by atoms with E-state index < -0.39 is 47.9 Å². The Kier molecular flexibility index (Phi) is 11.3. The molecule has 12 heteroatoms. The predicted molar refractivity (Wildman–Crippen MR) is 139 cm³/mol. The number of nitrogens with zero attached hydrogens (tertiary/aromatic N) is 2. The van der Waals surface area contributed by atoms with E-state index in [-0.39, 0.29) is 18.3 Å². The summed E-state index contributed by atoms with van der Waals surface area (Å²) in [7, 11) is 0. The van der Waals surface area contributed by atoms with Crippen molar-refractivity contribution < 1.29 is 24.3 Å². The van der Waals surface area contributed by atoms with Gasteiger partial charge in [0.2, 0.25) is 17.7 Å². The van der Waals surface area contributed by atoms with Crippen LogP contribution in [0.25, 0.3) is 0 Å². The SMILES string of the molecule is CC(C)C(NC(=O)C(N)CCCN=C(N)N)C(=O)NC(Cc1ccccc1)C(=O)N1CCCC1C(=O)O. The minimum absolute atomic E-state index is 0.0437. The van der Waals surface area contributed by atoms with Crippen molar-refractivity contribution in [2.75, 3.05) is 13.1 Å². The number of carbonyl (C=O) groups is 4. The molecule has 1 aromatic rings. The van der Waals surface area contributed by atoms with Gasteiger partial charge in [0.15, 0.2) is 5.96 Å². The summed E-state index contributed by atoms with van der Waals surface area (Å²) in [5.74, 6) is -2.93. The minimum Gasteiger partial charge on any atom is -0.480 e. The molecule has 4 atom stereocenters. The highest BCUT2D eigenvalue weighted by molar-refractivity contribution is 5.94. The number of carboxylic acids is 1. The summed E-state index contributed by atoms with van der Waals surface area (Å²) < 4.78 is 0. The molecule has 0 saturated carbocycles. The van der Waals surface area contributed by atoms with Crippen molar-refractivity contribution in [1.29, 1.82) is 0 Å². The average Bonchev–Trinajstić information content (AvgIpc) is 3.34. The molecule has 37 heavy (non-hydrogen) atoms. The number of carbonyl (C=O) groups excluding carboxylic acids is 3. The van der Waals surface area contributed by atoms with Gasteiger partial charge in [-0.2, -0.15) is 0 Å². The third-order valence-electron chi connectivity index (χ3n) is 6.27. The lowest BCUT2D eigenvalue weighted by atomic mass is 10.00. The summed E-state index contributed by atoms with van der Waals surface area (Å²) >= 11 is 0. The maximum atomic E-state index is 13.4. The fourth-order valence-electron chi connectivity index (χ4n) is 4.24. The second kappa shape index (κ2) is 14.2. The molecular weight excluding hydrogens is 478 g/mol. The molecule has 2 rings (SSSR count). The second-order valence-corrected chi connectivity index (χ2v) is 9.56. The number of likely N-dealkylation sites (tertiary alicyclic amines) is 1. The van der Waals surface area contributed by atoms with Crippen molar-refractivity contribution in [3.05, 3.63) is 35.9 Å². The third kappa shape index (κ3) is 9.05. The van der Waals surface area contributed by atoms with Crippen LogP contribution in [0.15, 0.2) is 35.3 Å².